The third-order valence-corrected chi connectivity index (χ3v) is 2.63. The fourth-order valence-electron chi connectivity index (χ4n) is 1.74. The molecule has 5 nitrogen and oxygen atoms in total. The van der Waals surface area contributed by atoms with E-state index in [9.17, 15) is 4.79 Å². The lowest BCUT2D eigenvalue weighted by Gasteiger charge is -2.10. The van der Waals surface area contributed by atoms with Gasteiger partial charge in [0.2, 0.25) is 5.91 Å². The Morgan fingerprint density at radius 3 is 2.94 bits per heavy atom. The van der Waals surface area contributed by atoms with E-state index in [1.165, 1.54) is 6.20 Å². The minimum absolute atomic E-state index is 0.00000488. The number of aliphatic hydroxyl groups is 1. The lowest BCUT2D eigenvalue weighted by molar-refractivity contribution is -0.116. The Bertz CT molecular complexity index is 569. The van der Waals surface area contributed by atoms with Gasteiger partial charge >= 0.3 is 0 Å². The normalized spacial score (nSPS) is 10.5. The maximum atomic E-state index is 11.7. The Labute approximate surface area is 105 Å². The van der Waals surface area contributed by atoms with Crippen LogP contribution in [0.25, 0.3) is 10.9 Å². The van der Waals surface area contributed by atoms with E-state index in [1.807, 2.05) is 24.3 Å². The quantitative estimate of drug-likeness (QED) is 0.762. The first kappa shape index (κ1) is 12.3. The van der Waals surface area contributed by atoms with Gasteiger partial charge in [-0.25, -0.2) is 0 Å². The third kappa shape index (κ3) is 2.57. The molecule has 0 aliphatic heterocycles. The van der Waals surface area contributed by atoms with Crippen molar-refractivity contribution in [1.82, 2.24) is 4.98 Å². The van der Waals surface area contributed by atoms with Crippen molar-refractivity contribution in [2.75, 3.05) is 17.7 Å². The van der Waals surface area contributed by atoms with Crippen LogP contribution in [0.1, 0.15) is 12.8 Å². The number of fused-ring (bicyclic) bond motifs is 1. The van der Waals surface area contributed by atoms with Crippen LogP contribution in [0.5, 0.6) is 0 Å². The number of rotatable bonds is 4. The number of para-hydroxylation sites is 1. The molecule has 4 N–H and O–H groups in total. The highest BCUT2D eigenvalue weighted by molar-refractivity contribution is 6.05. The maximum absolute atomic E-state index is 11.7. The molecule has 18 heavy (non-hydrogen) atoms. The van der Waals surface area contributed by atoms with Gasteiger partial charge in [-0.1, -0.05) is 18.2 Å². The van der Waals surface area contributed by atoms with Gasteiger partial charge < -0.3 is 16.2 Å². The molecule has 0 aliphatic carbocycles. The monoisotopic (exact) mass is 245 g/mol. The Hall–Kier alpha value is -2.14. The molecule has 1 heterocycles. The second-order valence-corrected chi connectivity index (χ2v) is 3.98. The number of nitrogens with one attached hydrogen (secondary N) is 1. The van der Waals surface area contributed by atoms with Crippen LogP contribution >= 0.6 is 0 Å². The minimum Gasteiger partial charge on any atom is -0.396 e. The summed E-state index contributed by atoms with van der Waals surface area (Å²) in [5.41, 5.74) is 7.64. The van der Waals surface area contributed by atoms with Crippen molar-refractivity contribution in [1.29, 1.82) is 0 Å². The summed E-state index contributed by atoms with van der Waals surface area (Å²) in [5.74, 6) is -0.160. The van der Waals surface area contributed by atoms with E-state index in [2.05, 4.69) is 10.3 Å². The summed E-state index contributed by atoms with van der Waals surface area (Å²) in [6.07, 6.45) is 2.24. The van der Waals surface area contributed by atoms with E-state index < -0.39 is 0 Å². The van der Waals surface area contributed by atoms with Gasteiger partial charge in [-0.15, -0.1) is 0 Å². The molecule has 0 saturated heterocycles. The lowest BCUT2D eigenvalue weighted by Crippen LogP contribution is -2.13. The summed E-state index contributed by atoms with van der Waals surface area (Å²) in [4.78, 5) is 15.9. The summed E-state index contributed by atoms with van der Waals surface area (Å²) in [7, 11) is 0. The van der Waals surface area contributed by atoms with Gasteiger partial charge in [0.1, 0.15) is 0 Å². The number of nitrogen functional groups attached to an aromatic ring is 1. The topological polar surface area (TPSA) is 88.2 Å². The van der Waals surface area contributed by atoms with E-state index in [-0.39, 0.29) is 18.9 Å². The lowest BCUT2D eigenvalue weighted by atomic mass is 10.1. The van der Waals surface area contributed by atoms with Crippen molar-refractivity contribution in [3.8, 4) is 0 Å². The Kier molecular flexibility index (Phi) is 3.74. The zero-order valence-electron chi connectivity index (χ0n) is 9.89. The molecule has 0 atom stereocenters. The number of aliphatic hydroxyl groups excluding tert-OH is 1. The second kappa shape index (κ2) is 5.46. The van der Waals surface area contributed by atoms with E-state index >= 15 is 0 Å². The van der Waals surface area contributed by atoms with E-state index in [0.717, 1.165) is 10.9 Å². The molecular weight excluding hydrogens is 230 g/mol. The summed E-state index contributed by atoms with van der Waals surface area (Å²) in [6, 6.07) is 7.47. The summed E-state index contributed by atoms with van der Waals surface area (Å²) < 4.78 is 0. The van der Waals surface area contributed by atoms with Gasteiger partial charge in [0, 0.05) is 18.4 Å². The molecule has 0 radical (unpaired) electrons. The molecule has 1 amide bonds. The Morgan fingerprint density at radius 1 is 1.39 bits per heavy atom. The number of carbonyl (C=O) groups is 1. The predicted molar refractivity (Wildman–Crippen MR) is 71.1 cm³/mol. The predicted octanol–water partition coefficient (Wildman–Crippen LogP) is 1.53. The first-order valence-corrected chi connectivity index (χ1v) is 5.76. The highest BCUT2D eigenvalue weighted by atomic mass is 16.3. The van der Waals surface area contributed by atoms with Crippen LogP contribution in [-0.4, -0.2) is 22.6 Å². The van der Waals surface area contributed by atoms with Crippen molar-refractivity contribution in [2.24, 2.45) is 0 Å². The molecule has 0 spiro atoms. The molecule has 0 fully saturated rings. The van der Waals surface area contributed by atoms with E-state index in [4.69, 9.17) is 10.8 Å². The highest BCUT2D eigenvalue weighted by Gasteiger charge is 2.09. The summed E-state index contributed by atoms with van der Waals surface area (Å²) in [5, 5.41) is 12.3. The van der Waals surface area contributed by atoms with Crippen LogP contribution in [-0.2, 0) is 4.79 Å². The van der Waals surface area contributed by atoms with Crippen LogP contribution in [0.15, 0.2) is 30.5 Å². The van der Waals surface area contributed by atoms with Crippen LogP contribution < -0.4 is 11.1 Å². The van der Waals surface area contributed by atoms with E-state index in [1.54, 1.807) is 0 Å². The molecule has 0 unspecified atom stereocenters. The number of benzene rings is 1. The SMILES string of the molecule is Nc1cnc2ccccc2c1NC(=O)CCCO. The molecule has 2 rings (SSSR count). The van der Waals surface area contributed by atoms with Gasteiger partial charge in [-0.3, -0.25) is 9.78 Å². The van der Waals surface area contributed by atoms with Crippen molar-refractivity contribution >= 4 is 28.2 Å². The standard InChI is InChI=1S/C13H15N3O2/c14-10-8-15-11-5-2-1-4-9(11)13(10)16-12(18)6-3-7-17/h1-2,4-5,8,17H,3,6-7,14H2,(H,15,16,18). The minimum atomic E-state index is -0.160. The van der Waals surface area contributed by atoms with Crippen LogP contribution in [0.2, 0.25) is 0 Å². The Morgan fingerprint density at radius 2 is 2.17 bits per heavy atom. The zero-order chi connectivity index (χ0) is 13.0. The zero-order valence-corrected chi connectivity index (χ0v) is 9.89. The molecule has 1 aromatic heterocycles. The summed E-state index contributed by atoms with van der Waals surface area (Å²) >= 11 is 0. The van der Waals surface area contributed by atoms with Gasteiger partial charge in [0.25, 0.3) is 0 Å². The number of aromatic nitrogens is 1. The first-order valence-electron chi connectivity index (χ1n) is 5.76. The van der Waals surface area contributed by atoms with Gasteiger partial charge in [0.15, 0.2) is 0 Å². The number of pyridine rings is 1. The largest absolute Gasteiger partial charge is 0.396 e. The van der Waals surface area contributed by atoms with Gasteiger partial charge in [-0.05, 0) is 12.5 Å². The van der Waals surface area contributed by atoms with Crippen LogP contribution in [0, 0.1) is 0 Å². The molecule has 94 valence electrons. The number of nitrogens with two attached hydrogens (primary N) is 1. The van der Waals surface area contributed by atoms with Crippen molar-refractivity contribution < 1.29 is 9.90 Å². The molecule has 2 aromatic rings. The van der Waals surface area contributed by atoms with Gasteiger partial charge in [0.05, 0.1) is 23.1 Å². The molecule has 5 heteroatoms. The molecule has 1 aromatic carbocycles. The molecule has 0 bridgehead atoms. The maximum Gasteiger partial charge on any atom is 0.224 e. The van der Waals surface area contributed by atoms with E-state index in [0.29, 0.717) is 17.8 Å². The third-order valence-electron chi connectivity index (χ3n) is 2.63. The number of amides is 1. The molecule has 0 aliphatic rings. The number of anilines is 2. The van der Waals surface area contributed by atoms with Crippen molar-refractivity contribution in [3.63, 3.8) is 0 Å². The average molecular weight is 245 g/mol. The number of hydrogen-bond donors (Lipinski definition) is 3. The van der Waals surface area contributed by atoms with Crippen LogP contribution in [0.4, 0.5) is 11.4 Å². The fraction of sp³-hybridized carbons (Fsp3) is 0.231. The molecule has 0 saturated carbocycles. The highest BCUT2D eigenvalue weighted by Crippen LogP contribution is 2.27. The van der Waals surface area contributed by atoms with Crippen molar-refractivity contribution in [3.05, 3.63) is 30.5 Å². The van der Waals surface area contributed by atoms with Crippen molar-refractivity contribution in [2.45, 2.75) is 12.8 Å². The smallest absolute Gasteiger partial charge is 0.224 e. The summed E-state index contributed by atoms with van der Waals surface area (Å²) in [6.45, 7) is -0.00000488. The fourth-order valence-corrected chi connectivity index (χ4v) is 1.74. The average Bonchev–Trinajstić information content (AvgIpc) is 2.40. The second-order valence-electron chi connectivity index (χ2n) is 3.98. The Balaban J connectivity index is 2.31. The number of carbonyl (C=O) groups excluding carboxylic acids is 1. The van der Waals surface area contributed by atoms with Gasteiger partial charge in [-0.2, -0.15) is 0 Å². The first-order chi connectivity index (χ1) is 8.72. The molecular formula is C13H15N3O2. The van der Waals surface area contributed by atoms with Crippen LogP contribution in [0.3, 0.4) is 0 Å². The number of nitrogens with zero attached hydrogens (tertiary/aromatic N) is 1. The number of hydrogen-bond acceptors (Lipinski definition) is 4.